The lowest BCUT2D eigenvalue weighted by atomic mass is 10.1. The highest BCUT2D eigenvalue weighted by Crippen LogP contribution is 2.30. The van der Waals surface area contributed by atoms with E-state index in [2.05, 4.69) is 54.0 Å². The second-order valence-electron chi connectivity index (χ2n) is 6.16. The minimum atomic E-state index is 0.630. The van der Waals surface area contributed by atoms with Crippen LogP contribution in [0.15, 0.2) is 18.2 Å². The molecule has 3 rings (SSSR count). The van der Waals surface area contributed by atoms with E-state index in [1.165, 1.54) is 61.5 Å². The Morgan fingerprint density at radius 1 is 1.20 bits per heavy atom. The summed E-state index contributed by atoms with van der Waals surface area (Å²) in [5.41, 5.74) is 4.11. The molecule has 0 aromatic heterocycles. The summed E-state index contributed by atoms with van der Waals surface area (Å²) >= 11 is 2.10. The molecule has 2 heterocycles. The molecule has 0 bridgehead atoms. The van der Waals surface area contributed by atoms with Crippen molar-refractivity contribution in [1.82, 2.24) is 0 Å². The Kier molecular flexibility index (Phi) is 4.45. The third-order valence-electron chi connectivity index (χ3n) is 4.63. The molecule has 0 aliphatic carbocycles. The van der Waals surface area contributed by atoms with E-state index in [1.807, 2.05) is 0 Å². The first-order valence-electron chi connectivity index (χ1n) is 7.98. The van der Waals surface area contributed by atoms with Crippen LogP contribution in [-0.4, -0.2) is 30.1 Å². The van der Waals surface area contributed by atoms with Gasteiger partial charge < -0.3 is 10.2 Å². The molecule has 1 aromatic carbocycles. The molecule has 2 aliphatic heterocycles. The van der Waals surface area contributed by atoms with Crippen molar-refractivity contribution in [2.24, 2.45) is 0 Å². The van der Waals surface area contributed by atoms with Gasteiger partial charge in [-0.15, -0.1) is 0 Å². The molecule has 0 saturated carbocycles. The molecule has 2 aliphatic rings. The normalized spacial score (nSPS) is 26.8. The first-order chi connectivity index (χ1) is 9.74. The molecular weight excluding hydrogens is 264 g/mol. The van der Waals surface area contributed by atoms with Crippen molar-refractivity contribution in [2.45, 2.75) is 50.8 Å². The maximum Gasteiger partial charge on any atom is 0.0377 e. The molecule has 0 amide bonds. The smallest absolute Gasteiger partial charge is 0.0377 e. The number of anilines is 2. The van der Waals surface area contributed by atoms with E-state index < -0.39 is 0 Å². The number of rotatable bonds is 3. The van der Waals surface area contributed by atoms with Crippen molar-refractivity contribution >= 4 is 23.1 Å². The van der Waals surface area contributed by atoms with Crippen LogP contribution in [0.25, 0.3) is 0 Å². The molecule has 1 N–H and O–H groups in total. The molecular formula is C17H26N2S. The number of hydrogen-bond acceptors (Lipinski definition) is 3. The molecule has 20 heavy (non-hydrogen) atoms. The van der Waals surface area contributed by atoms with Gasteiger partial charge in [-0.05, 0) is 62.1 Å². The van der Waals surface area contributed by atoms with E-state index in [4.69, 9.17) is 0 Å². The Morgan fingerprint density at radius 2 is 2.00 bits per heavy atom. The van der Waals surface area contributed by atoms with Crippen LogP contribution in [0.5, 0.6) is 0 Å². The summed E-state index contributed by atoms with van der Waals surface area (Å²) < 4.78 is 0. The van der Waals surface area contributed by atoms with E-state index in [0.29, 0.717) is 6.04 Å². The Labute approximate surface area is 127 Å². The van der Waals surface area contributed by atoms with Gasteiger partial charge >= 0.3 is 0 Å². The fraction of sp³-hybridized carbons (Fsp3) is 0.647. The number of aryl methyl sites for hydroxylation is 1. The highest BCUT2D eigenvalue weighted by atomic mass is 32.2. The van der Waals surface area contributed by atoms with Crippen LogP contribution >= 0.6 is 11.8 Å². The van der Waals surface area contributed by atoms with Gasteiger partial charge in [0.1, 0.15) is 0 Å². The number of nitrogens with one attached hydrogen (secondary N) is 1. The number of nitrogens with zero attached hydrogens (tertiary/aromatic N) is 1. The van der Waals surface area contributed by atoms with Gasteiger partial charge in [0, 0.05) is 35.8 Å². The summed E-state index contributed by atoms with van der Waals surface area (Å²) in [6, 6.07) is 7.56. The maximum absolute atomic E-state index is 3.78. The highest BCUT2D eigenvalue weighted by molar-refractivity contribution is 8.00. The lowest BCUT2D eigenvalue weighted by Gasteiger charge is -2.31. The maximum atomic E-state index is 3.78. The molecule has 1 aromatic rings. The summed E-state index contributed by atoms with van der Waals surface area (Å²) in [6.07, 6.45) is 5.34. The number of hydrogen-bond donors (Lipinski definition) is 1. The van der Waals surface area contributed by atoms with E-state index >= 15 is 0 Å². The Hall–Kier alpha value is -0.830. The van der Waals surface area contributed by atoms with Gasteiger partial charge in [0.2, 0.25) is 0 Å². The molecule has 2 saturated heterocycles. The van der Waals surface area contributed by atoms with Crippen LogP contribution in [0.2, 0.25) is 0 Å². The first kappa shape index (κ1) is 14.1. The van der Waals surface area contributed by atoms with Crippen molar-refractivity contribution in [3.8, 4) is 0 Å². The summed E-state index contributed by atoms with van der Waals surface area (Å²) in [5, 5.41) is 4.50. The predicted octanol–water partition coefficient (Wildman–Crippen LogP) is 4.29. The minimum absolute atomic E-state index is 0.630. The van der Waals surface area contributed by atoms with Gasteiger partial charge in [0.25, 0.3) is 0 Å². The van der Waals surface area contributed by atoms with Gasteiger partial charge in [-0.1, -0.05) is 6.92 Å². The van der Waals surface area contributed by atoms with E-state index in [1.54, 1.807) is 0 Å². The molecule has 0 spiro atoms. The van der Waals surface area contributed by atoms with Crippen LogP contribution in [0.3, 0.4) is 0 Å². The van der Waals surface area contributed by atoms with Gasteiger partial charge in [-0.2, -0.15) is 11.8 Å². The van der Waals surface area contributed by atoms with Crippen molar-refractivity contribution in [3.63, 3.8) is 0 Å². The van der Waals surface area contributed by atoms with Crippen LogP contribution in [0.4, 0.5) is 11.4 Å². The molecule has 0 radical (unpaired) electrons. The minimum Gasteiger partial charge on any atom is -0.381 e. The summed E-state index contributed by atoms with van der Waals surface area (Å²) in [7, 11) is 0. The molecule has 3 heteroatoms. The zero-order valence-electron chi connectivity index (χ0n) is 12.7. The Morgan fingerprint density at radius 3 is 2.70 bits per heavy atom. The lowest BCUT2D eigenvalue weighted by molar-refractivity contribution is 0.617. The zero-order valence-corrected chi connectivity index (χ0v) is 13.5. The van der Waals surface area contributed by atoms with E-state index in [-0.39, 0.29) is 0 Å². The second kappa shape index (κ2) is 6.30. The van der Waals surface area contributed by atoms with Crippen molar-refractivity contribution in [1.29, 1.82) is 0 Å². The van der Waals surface area contributed by atoms with Crippen LogP contribution in [0, 0.1) is 6.92 Å². The van der Waals surface area contributed by atoms with Crippen LogP contribution in [0.1, 0.15) is 38.2 Å². The SMILES string of the molecule is Cc1cc(N2CCCC2)ccc1NC1CCCSC1C. The van der Waals surface area contributed by atoms with Gasteiger partial charge in [-0.25, -0.2) is 0 Å². The summed E-state index contributed by atoms with van der Waals surface area (Å²) in [4.78, 5) is 2.51. The third-order valence-corrected chi connectivity index (χ3v) is 6.01. The number of thioether (sulfide) groups is 1. The number of benzene rings is 1. The van der Waals surface area contributed by atoms with E-state index in [0.717, 1.165) is 5.25 Å². The van der Waals surface area contributed by atoms with E-state index in [9.17, 15) is 0 Å². The van der Waals surface area contributed by atoms with Gasteiger partial charge in [0.05, 0.1) is 0 Å². The molecule has 2 nitrogen and oxygen atoms in total. The second-order valence-corrected chi connectivity index (χ2v) is 7.65. The third kappa shape index (κ3) is 3.08. The molecule has 2 fully saturated rings. The van der Waals surface area contributed by atoms with Gasteiger partial charge in [-0.3, -0.25) is 0 Å². The standard InChI is InChI=1S/C17H26N2S/c1-13-12-15(19-9-3-4-10-19)7-8-16(13)18-17-6-5-11-20-14(17)2/h7-8,12,14,17-18H,3-6,9-11H2,1-2H3. The monoisotopic (exact) mass is 290 g/mol. The summed E-state index contributed by atoms with van der Waals surface area (Å²) in [6.45, 7) is 7.04. The van der Waals surface area contributed by atoms with Crippen LogP contribution < -0.4 is 10.2 Å². The lowest BCUT2D eigenvalue weighted by Crippen LogP contribution is -2.33. The largest absolute Gasteiger partial charge is 0.381 e. The fourth-order valence-corrected chi connectivity index (χ4v) is 4.44. The van der Waals surface area contributed by atoms with Crippen LogP contribution in [-0.2, 0) is 0 Å². The molecule has 2 atom stereocenters. The molecule has 110 valence electrons. The zero-order chi connectivity index (χ0) is 13.9. The highest BCUT2D eigenvalue weighted by Gasteiger charge is 2.22. The Balaban J connectivity index is 1.70. The van der Waals surface area contributed by atoms with Crippen molar-refractivity contribution < 1.29 is 0 Å². The predicted molar refractivity (Wildman–Crippen MR) is 91.2 cm³/mol. The fourth-order valence-electron chi connectivity index (χ4n) is 3.29. The van der Waals surface area contributed by atoms with Crippen molar-refractivity contribution in [3.05, 3.63) is 23.8 Å². The average molecular weight is 290 g/mol. The quantitative estimate of drug-likeness (QED) is 0.894. The average Bonchev–Trinajstić information content (AvgIpc) is 2.97. The Bertz CT molecular complexity index is 454. The topological polar surface area (TPSA) is 15.3 Å². The van der Waals surface area contributed by atoms with Crippen molar-refractivity contribution in [2.75, 3.05) is 29.1 Å². The molecule has 2 unspecified atom stereocenters. The summed E-state index contributed by atoms with van der Waals surface area (Å²) in [5.74, 6) is 1.33. The van der Waals surface area contributed by atoms with Gasteiger partial charge in [0.15, 0.2) is 0 Å². The first-order valence-corrected chi connectivity index (χ1v) is 9.02.